The van der Waals surface area contributed by atoms with E-state index in [0.29, 0.717) is 12.2 Å². The van der Waals surface area contributed by atoms with E-state index in [2.05, 4.69) is 4.74 Å². The lowest BCUT2D eigenvalue weighted by atomic mass is 10.2. The van der Waals surface area contributed by atoms with Gasteiger partial charge in [-0.15, -0.1) is 0 Å². The van der Waals surface area contributed by atoms with Gasteiger partial charge in [0.2, 0.25) is 0 Å². The molecule has 1 rings (SSSR count). The summed E-state index contributed by atoms with van der Waals surface area (Å²) in [5.74, 6) is -0.0589. The highest BCUT2D eigenvalue weighted by Crippen LogP contribution is 2.13. The Labute approximate surface area is 113 Å². The van der Waals surface area contributed by atoms with Gasteiger partial charge in [-0.25, -0.2) is 0 Å². The van der Waals surface area contributed by atoms with Gasteiger partial charge in [0.25, 0.3) is 5.91 Å². The molecule has 5 nitrogen and oxygen atoms in total. The van der Waals surface area contributed by atoms with Crippen molar-refractivity contribution >= 4 is 11.9 Å². The van der Waals surface area contributed by atoms with Crippen molar-refractivity contribution in [2.24, 2.45) is 0 Å². The third kappa shape index (κ3) is 4.62. The van der Waals surface area contributed by atoms with Crippen LogP contribution >= 0.6 is 0 Å². The molecule has 1 aromatic carbocycles. The highest BCUT2D eigenvalue weighted by atomic mass is 16.5. The first-order valence-electron chi connectivity index (χ1n) is 6.12. The SMILES string of the molecule is CCC(Oc1ccccc1)C(=O)N(C)CC(=O)OC. The molecular weight excluding hydrogens is 246 g/mol. The first-order chi connectivity index (χ1) is 9.08. The van der Waals surface area contributed by atoms with Crippen LogP contribution in [0.2, 0.25) is 0 Å². The van der Waals surface area contributed by atoms with Gasteiger partial charge in [-0.05, 0) is 18.6 Å². The average molecular weight is 265 g/mol. The van der Waals surface area contributed by atoms with Gasteiger partial charge < -0.3 is 14.4 Å². The third-order valence-electron chi connectivity index (χ3n) is 2.64. The molecule has 0 aromatic heterocycles. The van der Waals surface area contributed by atoms with E-state index < -0.39 is 12.1 Å². The molecular formula is C14H19NO4. The summed E-state index contributed by atoms with van der Waals surface area (Å²) in [5.41, 5.74) is 0. The summed E-state index contributed by atoms with van der Waals surface area (Å²) in [6.07, 6.45) is -0.0729. The number of carbonyl (C=O) groups excluding carboxylic acids is 2. The Kier molecular flexibility index (Phi) is 5.85. The molecule has 0 heterocycles. The molecule has 1 amide bonds. The van der Waals surface area contributed by atoms with Gasteiger partial charge in [0.15, 0.2) is 6.10 Å². The first kappa shape index (κ1) is 15.0. The van der Waals surface area contributed by atoms with Gasteiger partial charge in [0.05, 0.1) is 7.11 Å². The number of benzene rings is 1. The van der Waals surface area contributed by atoms with Crippen LogP contribution in [0.4, 0.5) is 0 Å². The number of carbonyl (C=O) groups is 2. The maximum atomic E-state index is 12.1. The molecule has 0 fully saturated rings. The molecule has 0 aliphatic rings. The third-order valence-corrected chi connectivity index (χ3v) is 2.64. The number of para-hydroxylation sites is 1. The summed E-state index contributed by atoms with van der Waals surface area (Å²) in [6.45, 7) is 1.78. The Balaban J connectivity index is 2.63. The zero-order valence-electron chi connectivity index (χ0n) is 11.5. The van der Waals surface area contributed by atoms with Crippen molar-refractivity contribution in [3.05, 3.63) is 30.3 Å². The Hall–Kier alpha value is -2.04. The number of nitrogens with zero attached hydrogens (tertiary/aromatic N) is 1. The summed E-state index contributed by atoms with van der Waals surface area (Å²) in [5, 5.41) is 0. The molecule has 0 saturated carbocycles. The minimum atomic E-state index is -0.600. The van der Waals surface area contributed by atoms with Gasteiger partial charge in [0.1, 0.15) is 12.3 Å². The predicted octanol–water partition coefficient (Wildman–Crippen LogP) is 1.48. The summed E-state index contributed by atoms with van der Waals surface area (Å²) in [6, 6.07) is 9.13. The van der Waals surface area contributed by atoms with E-state index in [1.54, 1.807) is 19.2 Å². The summed E-state index contributed by atoms with van der Waals surface area (Å²) in [7, 11) is 2.84. The molecule has 1 aromatic rings. The van der Waals surface area contributed by atoms with E-state index in [1.807, 2.05) is 25.1 Å². The van der Waals surface area contributed by atoms with Gasteiger partial charge in [-0.3, -0.25) is 9.59 Å². The summed E-state index contributed by atoms with van der Waals surface area (Å²) in [4.78, 5) is 24.6. The van der Waals surface area contributed by atoms with E-state index >= 15 is 0 Å². The summed E-state index contributed by atoms with van der Waals surface area (Å²) < 4.78 is 10.1. The molecule has 0 spiro atoms. The molecule has 0 aliphatic carbocycles. The van der Waals surface area contributed by atoms with Crippen LogP contribution in [-0.2, 0) is 14.3 Å². The minimum absolute atomic E-state index is 0.0794. The number of hydrogen-bond acceptors (Lipinski definition) is 4. The van der Waals surface area contributed by atoms with Gasteiger partial charge >= 0.3 is 5.97 Å². The van der Waals surface area contributed by atoms with Crippen LogP contribution in [-0.4, -0.2) is 43.6 Å². The predicted molar refractivity (Wildman–Crippen MR) is 70.8 cm³/mol. The molecule has 104 valence electrons. The van der Waals surface area contributed by atoms with Crippen LogP contribution in [0.25, 0.3) is 0 Å². The highest BCUT2D eigenvalue weighted by molar-refractivity contribution is 5.85. The zero-order valence-corrected chi connectivity index (χ0v) is 11.5. The fourth-order valence-corrected chi connectivity index (χ4v) is 1.55. The summed E-state index contributed by atoms with van der Waals surface area (Å²) >= 11 is 0. The molecule has 19 heavy (non-hydrogen) atoms. The number of ether oxygens (including phenoxy) is 2. The Morgan fingerprint density at radius 1 is 1.26 bits per heavy atom. The fraction of sp³-hybridized carbons (Fsp3) is 0.429. The van der Waals surface area contributed by atoms with Crippen LogP contribution in [0.1, 0.15) is 13.3 Å². The van der Waals surface area contributed by atoms with Crippen LogP contribution in [0.5, 0.6) is 5.75 Å². The van der Waals surface area contributed by atoms with Crippen molar-refractivity contribution in [2.75, 3.05) is 20.7 Å². The molecule has 0 aliphatic heterocycles. The Morgan fingerprint density at radius 2 is 1.89 bits per heavy atom. The van der Waals surface area contributed by atoms with E-state index in [9.17, 15) is 9.59 Å². The normalized spacial score (nSPS) is 11.5. The minimum Gasteiger partial charge on any atom is -0.481 e. The van der Waals surface area contributed by atoms with Crippen molar-refractivity contribution < 1.29 is 19.1 Å². The van der Waals surface area contributed by atoms with E-state index in [0.717, 1.165) is 0 Å². The van der Waals surface area contributed by atoms with E-state index in [4.69, 9.17) is 4.74 Å². The maximum Gasteiger partial charge on any atom is 0.325 e. The van der Waals surface area contributed by atoms with Crippen molar-refractivity contribution in [3.8, 4) is 5.75 Å². The molecule has 1 unspecified atom stereocenters. The number of rotatable bonds is 6. The van der Waals surface area contributed by atoms with E-state index in [-0.39, 0.29) is 12.5 Å². The highest BCUT2D eigenvalue weighted by Gasteiger charge is 2.23. The van der Waals surface area contributed by atoms with Gasteiger partial charge in [-0.1, -0.05) is 25.1 Å². The lowest BCUT2D eigenvalue weighted by Gasteiger charge is -2.22. The second kappa shape index (κ2) is 7.41. The smallest absolute Gasteiger partial charge is 0.325 e. The Bertz CT molecular complexity index is 419. The first-order valence-corrected chi connectivity index (χ1v) is 6.12. The van der Waals surface area contributed by atoms with Crippen molar-refractivity contribution in [2.45, 2.75) is 19.4 Å². The van der Waals surface area contributed by atoms with E-state index in [1.165, 1.54) is 12.0 Å². The lowest BCUT2D eigenvalue weighted by molar-refractivity contribution is -0.148. The maximum absolute atomic E-state index is 12.1. The van der Waals surface area contributed by atoms with Crippen molar-refractivity contribution in [3.63, 3.8) is 0 Å². The quantitative estimate of drug-likeness (QED) is 0.731. The van der Waals surface area contributed by atoms with Crippen molar-refractivity contribution in [1.82, 2.24) is 4.90 Å². The lowest BCUT2D eigenvalue weighted by Crippen LogP contribution is -2.42. The number of methoxy groups -OCH3 is 1. The number of hydrogen-bond donors (Lipinski definition) is 0. The molecule has 0 bridgehead atoms. The number of likely N-dealkylation sites (N-methyl/N-ethyl adjacent to an activating group) is 1. The Morgan fingerprint density at radius 3 is 2.42 bits per heavy atom. The van der Waals surface area contributed by atoms with Crippen LogP contribution in [0, 0.1) is 0 Å². The largest absolute Gasteiger partial charge is 0.481 e. The number of amides is 1. The zero-order chi connectivity index (χ0) is 14.3. The second-order valence-electron chi connectivity index (χ2n) is 4.10. The number of esters is 1. The topological polar surface area (TPSA) is 55.8 Å². The van der Waals surface area contributed by atoms with Gasteiger partial charge in [0, 0.05) is 7.05 Å². The molecule has 0 radical (unpaired) electrons. The fourth-order valence-electron chi connectivity index (χ4n) is 1.55. The van der Waals surface area contributed by atoms with Crippen LogP contribution in [0.15, 0.2) is 30.3 Å². The average Bonchev–Trinajstić information content (AvgIpc) is 2.44. The van der Waals surface area contributed by atoms with Crippen LogP contribution < -0.4 is 4.74 Å². The second-order valence-corrected chi connectivity index (χ2v) is 4.10. The molecule has 0 saturated heterocycles. The van der Waals surface area contributed by atoms with Gasteiger partial charge in [-0.2, -0.15) is 0 Å². The molecule has 1 atom stereocenters. The van der Waals surface area contributed by atoms with Crippen molar-refractivity contribution in [1.29, 1.82) is 0 Å². The monoisotopic (exact) mass is 265 g/mol. The molecule has 0 N–H and O–H groups in total. The standard InChI is InChI=1S/C14H19NO4/c1-4-12(19-11-8-6-5-7-9-11)14(17)15(2)10-13(16)18-3/h5-9,12H,4,10H2,1-3H3. The molecule has 5 heteroatoms. The van der Waals surface area contributed by atoms with Crippen LogP contribution in [0.3, 0.4) is 0 Å².